The van der Waals surface area contributed by atoms with Crippen molar-refractivity contribution in [1.82, 2.24) is 4.90 Å². The van der Waals surface area contributed by atoms with Crippen LogP contribution in [-0.2, 0) is 16.1 Å². The summed E-state index contributed by atoms with van der Waals surface area (Å²) in [5.41, 5.74) is 1.78. The number of likely N-dealkylation sites (tertiary alicyclic amines) is 1. The van der Waals surface area contributed by atoms with Gasteiger partial charge in [-0.1, -0.05) is 19.1 Å². The summed E-state index contributed by atoms with van der Waals surface area (Å²) in [5.74, 6) is 0. The van der Waals surface area contributed by atoms with Gasteiger partial charge in [-0.25, -0.2) is 4.79 Å². The molecule has 23 heavy (non-hydrogen) atoms. The molecule has 1 aromatic carbocycles. The molecule has 0 unspecified atom stereocenters. The van der Waals surface area contributed by atoms with Crippen molar-refractivity contribution in [2.45, 2.75) is 32.8 Å². The van der Waals surface area contributed by atoms with Crippen LogP contribution >= 0.6 is 12.4 Å². The lowest BCUT2D eigenvalue weighted by molar-refractivity contribution is 0.121. The number of amides is 1. The van der Waals surface area contributed by atoms with E-state index in [1.54, 1.807) is 0 Å². The first-order chi connectivity index (χ1) is 10.8. The molecule has 1 aliphatic heterocycles. The Hall–Kier alpha value is -1.30. The number of hydrogen-bond donors (Lipinski definition) is 1. The van der Waals surface area contributed by atoms with Gasteiger partial charge in [-0.2, -0.15) is 0 Å². The van der Waals surface area contributed by atoms with Crippen LogP contribution in [0.15, 0.2) is 24.3 Å². The summed E-state index contributed by atoms with van der Waals surface area (Å²) in [6, 6.07) is 7.66. The predicted octanol–water partition coefficient (Wildman–Crippen LogP) is 3.68. The average molecular weight is 343 g/mol. The van der Waals surface area contributed by atoms with Crippen LogP contribution in [-0.4, -0.2) is 43.8 Å². The molecule has 1 saturated heterocycles. The number of hydrogen-bond acceptors (Lipinski definition) is 4. The monoisotopic (exact) mass is 342 g/mol. The van der Waals surface area contributed by atoms with Crippen LogP contribution in [0, 0.1) is 0 Å². The summed E-state index contributed by atoms with van der Waals surface area (Å²) in [7, 11) is 0. The first-order valence-corrected chi connectivity index (χ1v) is 8.10. The summed E-state index contributed by atoms with van der Waals surface area (Å²) >= 11 is 0. The van der Waals surface area contributed by atoms with E-state index in [-0.39, 0.29) is 12.4 Å². The second kappa shape index (κ2) is 11.3. The highest BCUT2D eigenvalue weighted by molar-refractivity contribution is 5.85. The highest BCUT2D eigenvalue weighted by atomic mass is 35.5. The van der Waals surface area contributed by atoms with E-state index in [0.29, 0.717) is 13.2 Å². The molecular formula is C17H27ClN2O3. The molecule has 2 rings (SSSR count). The van der Waals surface area contributed by atoms with Gasteiger partial charge in [-0.3, -0.25) is 10.2 Å². The van der Waals surface area contributed by atoms with Crippen molar-refractivity contribution in [2.24, 2.45) is 0 Å². The Kier molecular flexibility index (Phi) is 9.67. The number of ether oxygens (including phenoxy) is 2. The highest BCUT2D eigenvalue weighted by Gasteiger charge is 2.11. The molecule has 0 radical (unpaired) electrons. The van der Waals surface area contributed by atoms with Gasteiger partial charge < -0.3 is 9.47 Å². The van der Waals surface area contributed by atoms with Crippen LogP contribution in [0.1, 0.15) is 31.7 Å². The lowest BCUT2D eigenvalue weighted by atomic mass is 10.2. The van der Waals surface area contributed by atoms with E-state index in [1.165, 1.54) is 12.8 Å². The average Bonchev–Trinajstić information content (AvgIpc) is 3.01. The largest absolute Gasteiger partial charge is 0.448 e. The van der Waals surface area contributed by atoms with Crippen molar-refractivity contribution in [2.75, 3.05) is 38.2 Å². The zero-order valence-electron chi connectivity index (χ0n) is 13.8. The fraction of sp³-hybridized carbons (Fsp3) is 0.588. The summed E-state index contributed by atoms with van der Waals surface area (Å²) in [5, 5.41) is 2.76. The molecular weight excluding hydrogens is 316 g/mol. The SMILES string of the molecule is CCCOCc1cccc(NC(=O)OCCN2CCCC2)c1.Cl. The molecule has 0 bridgehead atoms. The summed E-state index contributed by atoms with van der Waals surface area (Å²) in [4.78, 5) is 14.1. The molecule has 1 amide bonds. The number of carbonyl (C=O) groups is 1. The summed E-state index contributed by atoms with van der Waals surface area (Å²) < 4.78 is 10.7. The topological polar surface area (TPSA) is 50.8 Å². The second-order valence-electron chi connectivity index (χ2n) is 5.56. The van der Waals surface area contributed by atoms with Gasteiger partial charge in [0.05, 0.1) is 6.61 Å². The molecule has 1 aromatic rings. The first-order valence-electron chi connectivity index (χ1n) is 8.10. The maximum absolute atomic E-state index is 11.8. The highest BCUT2D eigenvalue weighted by Crippen LogP contribution is 2.12. The van der Waals surface area contributed by atoms with Gasteiger partial charge in [0.2, 0.25) is 0 Å². The number of halogens is 1. The molecule has 130 valence electrons. The Morgan fingerprint density at radius 2 is 2.04 bits per heavy atom. The molecule has 1 fully saturated rings. The molecule has 5 nitrogen and oxygen atoms in total. The zero-order chi connectivity index (χ0) is 15.6. The van der Waals surface area contributed by atoms with Crippen molar-refractivity contribution in [1.29, 1.82) is 0 Å². The van der Waals surface area contributed by atoms with Crippen molar-refractivity contribution in [3.63, 3.8) is 0 Å². The van der Waals surface area contributed by atoms with E-state index >= 15 is 0 Å². The van der Waals surface area contributed by atoms with Gasteiger partial charge in [0.1, 0.15) is 6.61 Å². The number of nitrogens with one attached hydrogen (secondary N) is 1. The first kappa shape index (κ1) is 19.7. The van der Waals surface area contributed by atoms with Crippen molar-refractivity contribution in [3.8, 4) is 0 Å². The quantitative estimate of drug-likeness (QED) is 0.732. The normalized spacial score (nSPS) is 14.3. The van der Waals surface area contributed by atoms with Crippen molar-refractivity contribution in [3.05, 3.63) is 29.8 Å². The molecule has 0 aromatic heterocycles. The Labute approximate surface area is 144 Å². The van der Waals surface area contributed by atoms with E-state index in [1.807, 2.05) is 24.3 Å². The third-order valence-electron chi connectivity index (χ3n) is 3.63. The predicted molar refractivity (Wildman–Crippen MR) is 94.3 cm³/mol. The molecule has 0 atom stereocenters. The Morgan fingerprint density at radius 3 is 2.78 bits per heavy atom. The van der Waals surface area contributed by atoms with Crippen molar-refractivity contribution >= 4 is 24.2 Å². The fourth-order valence-electron chi connectivity index (χ4n) is 2.50. The van der Waals surface area contributed by atoms with Gasteiger partial charge in [-0.05, 0) is 50.0 Å². The van der Waals surface area contributed by atoms with E-state index in [2.05, 4.69) is 17.1 Å². The van der Waals surface area contributed by atoms with Gasteiger partial charge in [0.25, 0.3) is 0 Å². The molecule has 0 spiro atoms. The Bertz CT molecular complexity index is 465. The van der Waals surface area contributed by atoms with E-state index in [4.69, 9.17) is 9.47 Å². The number of nitrogens with zero attached hydrogens (tertiary/aromatic N) is 1. The smallest absolute Gasteiger partial charge is 0.411 e. The van der Waals surface area contributed by atoms with E-state index in [9.17, 15) is 4.79 Å². The van der Waals surface area contributed by atoms with Crippen LogP contribution in [0.3, 0.4) is 0 Å². The Balaban J connectivity index is 0.00000264. The maximum atomic E-state index is 11.8. The molecule has 1 heterocycles. The summed E-state index contributed by atoms with van der Waals surface area (Å²) in [6.07, 6.45) is 3.10. The van der Waals surface area contributed by atoms with Gasteiger partial charge in [-0.15, -0.1) is 12.4 Å². The molecule has 6 heteroatoms. The van der Waals surface area contributed by atoms with Crippen molar-refractivity contribution < 1.29 is 14.3 Å². The van der Waals surface area contributed by atoms with Crippen LogP contribution in [0.4, 0.5) is 10.5 Å². The minimum atomic E-state index is -0.397. The molecule has 1 aliphatic rings. The number of carbonyl (C=O) groups excluding carboxylic acids is 1. The third-order valence-corrected chi connectivity index (χ3v) is 3.63. The van der Waals surface area contributed by atoms with Gasteiger partial charge >= 0.3 is 6.09 Å². The second-order valence-corrected chi connectivity index (χ2v) is 5.56. The van der Waals surface area contributed by atoms with Crippen LogP contribution in [0.2, 0.25) is 0 Å². The van der Waals surface area contributed by atoms with Gasteiger partial charge in [0.15, 0.2) is 0 Å². The third kappa shape index (κ3) is 7.68. The number of rotatable bonds is 8. The van der Waals surface area contributed by atoms with Gasteiger partial charge in [0, 0.05) is 18.8 Å². The fourth-order valence-corrected chi connectivity index (χ4v) is 2.50. The summed E-state index contributed by atoms with van der Waals surface area (Å²) in [6.45, 7) is 6.87. The van der Waals surface area contributed by atoms with Crippen LogP contribution in [0.5, 0.6) is 0 Å². The lowest BCUT2D eigenvalue weighted by Crippen LogP contribution is -2.26. The lowest BCUT2D eigenvalue weighted by Gasteiger charge is -2.14. The number of anilines is 1. The zero-order valence-corrected chi connectivity index (χ0v) is 14.6. The Morgan fingerprint density at radius 1 is 1.26 bits per heavy atom. The molecule has 0 saturated carbocycles. The van der Waals surface area contributed by atoms with E-state index in [0.717, 1.165) is 43.9 Å². The van der Waals surface area contributed by atoms with E-state index < -0.39 is 6.09 Å². The van der Waals surface area contributed by atoms with Crippen LogP contribution in [0.25, 0.3) is 0 Å². The minimum Gasteiger partial charge on any atom is -0.448 e. The molecule has 0 aliphatic carbocycles. The standard InChI is InChI=1S/C17H26N2O3.ClH/c1-2-11-21-14-15-6-5-7-16(13-15)18-17(20)22-12-10-19-8-3-4-9-19;/h5-7,13H,2-4,8-12,14H2,1H3,(H,18,20);1H. The maximum Gasteiger partial charge on any atom is 0.411 e. The number of benzene rings is 1. The molecule has 1 N–H and O–H groups in total. The van der Waals surface area contributed by atoms with Crippen LogP contribution < -0.4 is 5.32 Å². The minimum absolute atomic E-state index is 0.